The van der Waals surface area contributed by atoms with Crippen LogP contribution in [0, 0.1) is 12.8 Å². The molecule has 0 spiro atoms. The highest BCUT2D eigenvalue weighted by Crippen LogP contribution is 2.25. The largest absolute Gasteiger partial charge is 0.397 e. The highest BCUT2D eigenvalue weighted by Gasteiger charge is 2.20. The molecule has 94 valence electrons. The van der Waals surface area contributed by atoms with E-state index < -0.39 is 0 Å². The number of hydrogen-bond donors (Lipinski definition) is 2. The van der Waals surface area contributed by atoms with E-state index in [1.807, 2.05) is 6.07 Å². The molecule has 1 heterocycles. The van der Waals surface area contributed by atoms with Gasteiger partial charge in [-0.25, -0.2) is 0 Å². The fourth-order valence-corrected chi connectivity index (χ4v) is 2.39. The van der Waals surface area contributed by atoms with Crippen LogP contribution in [0.3, 0.4) is 0 Å². The van der Waals surface area contributed by atoms with Crippen molar-refractivity contribution in [2.75, 3.05) is 24.3 Å². The van der Waals surface area contributed by atoms with Crippen molar-refractivity contribution in [3.05, 3.63) is 23.8 Å². The van der Waals surface area contributed by atoms with Gasteiger partial charge < -0.3 is 15.8 Å². The van der Waals surface area contributed by atoms with Crippen LogP contribution in [0.5, 0.6) is 0 Å². The number of nitrogens with two attached hydrogens (primary N) is 1. The van der Waals surface area contributed by atoms with Gasteiger partial charge in [0.25, 0.3) is 0 Å². The summed E-state index contributed by atoms with van der Waals surface area (Å²) in [6, 6.07) is 6.62. The summed E-state index contributed by atoms with van der Waals surface area (Å²) < 4.78 is 5.39. The smallest absolute Gasteiger partial charge is 0.0576 e. The van der Waals surface area contributed by atoms with Crippen LogP contribution in [0.2, 0.25) is 0 Å². The van der Waals surface area contributed by atoms with E-state index in [0.717, 1.165) is 37.4 Å². The zero-order valence-electron chi connectivity index (χ0n) is 10.7. The van der Waals surface area contributed by atoms with Crippen LogP contribution < -0.4 is 11.1 Å². The van der Waals surface area contributed by atoms with Gasteiger partial charge in [-0.2, -0.15) is 0 Å². The lowest BCUT2D eigenvalue weighted by Crippen LogP contribution is -2.31. The third-order valence-corrected chi connectivity index (χ3v) is 3.56. The maximum absolute atomic E-state index is 6.01. The van der Waals surface area contributed by atoms with Gasteiger partial charge >= 0.3 is 0 Å². The molecule has 3 N–H and O–H groups in total. The van der Waals surface area contributed by atoms with Gasteiger partial charge in [0.05, 0.1) is 11.4 Å². The summed E-state index contributed by atoms with van der Waals surface area (Å²) in [6.45, 7) is 6.07. The normalized spacial score (nSPS) is 18.9. The number of anilines is 2. The van der Waals surface area contributed by atoms with Crippen LogP contribution in [0.25, 0.3) is 0 Å². The topological polar surface area (TPSA) is 47.3 Å². The minimum absolute atomic E-state index is 0.448. The van der Waals surface area contributed by atoms with E-state index in [-0.39, 0.29) is 0 Å². The Morgan fingerprint density at radius 1 is 1.35 bits per heavy atom. The number of nitrogen functional groups attached to an aromatic ring is 1. The van der Waals surface area contributed by atoms with Crippen LogP contribution in [-0.2, 0) is 4.74 Å². The Morgan fingerprint density at radius 3 is 2.71 bits per heavy atom. The van der Waals surface area contributed by atoms with Gasteiger partial charge in [0.1, 0.15) is 0 Å². The third kappa shape index (κ3) is 3.13. The average molecular weight is 234 g/mol. The molecule has 3 nitrogen and oxygen atoms in total. The summed E-state index contributed by atoms with van der Waals surface area (Å²) in [4.78, 5) is 0. The number of ether oxygens (including phenoxy) is 1. The first-order valence-electron chi connectivity index (χ1n) is 6.37. The van der Waals surface area contributed by atoms with Crippen molar-refractivity contribution in [2.45, 2.75) is 32.7 Å². The zero-order chi connectivity index (χ0) is 12.3. The van der Waals surface area contributed by atoms with Crippen molar-refractivity contribution < 1.29 is 4.74 Å². The summed E-state index contributed by atoms with van der Waals surface area (Å²) in [7, 11) is 0. The predicted molar refractivity (Wildman–Crippen MR) is 72.2 cm³/mol. The van der Waals surface area contributed by atoms with Gasteiger partial charge in [-0.3, -0.25) is 0 Å². The van der Waals surface area contributed by atoms with Crippen molar-refractivity contribution >= 4 is 11.4 Å². The Balaban J connectivity index is 1.99. The SMILES string of the molecule is Cc1ccc(NC(C)C2CCOCC2)c(N)c1. The molecule has 2 rings (SSSR count). The summed E-state index contributed by atoms with van der Waals surface area (Å²) >= 11 is 0. The zero-order valence-corrected chi connectivity index (χ0v) is 10.7. The van der Waals surface area contributed by atoms with E-state index in [0.29, 0.717) is 12.0 Å². The van der Waals surface area contributed by atoms with E-state index in [4.69, 9.17) is 10.5 Å². The molecule has 0 saturated carbocycles. The number of nitrogens with one attached hydrogen (secondary N) is 1. The van der Waals surface area contributed by atoms with Gasteiger partial charge in [0.15, 0.2) is 0 Å². The summed E-state index contributed by atoms with van der Waals surface area (Å²) in [6.07, 6.45) is 2.28. The van der Waals surface area contributed by atoms with Gasteiger partial charge in [-0.1, -0.05) is 6.07 Å². The Bertz CT molecular complexity index is 372. The van der Waals surface area contributed by atoms with Crippen LogP contribution in [0.1, 0.15) is 25.3 Å². The molecule has 1 aliphatic rings. The van der Waals surface area contributed by atoms with Gasteiger partial charge in [0.2, 0.25) is 0 Å². The molecule has 0 radical (unpaired) electrons. The second kappa shape index (κ2) is 5.41. The molecule has 17 heavy (non-hydrogen) atoms. The third-order valence-electron chi connectivity index (χ3n) is 3.56. The molecule has 0 aliphatic carbocycles. The predicted octanol–water partition coefficient (Wildman–Crippen LogP) is 2.80. The molecule has 1 atom stereocenters. The van der Waals surface area contributed by atoms with Crippen molar-refractivity contribution in [3.8, 4) is 0 Å². The Hall–Kier alpha value is -1.22. The standard InChI is InChI=1S/C14H22N2O/c1-10-3-4-14(13(15)9-10)16-11(2)12-5-7-17-8-6-12/h3-4,9,11-12,16H,5-8,15H2,1-2H3. The van der Waals surface area contributed by atoms with Crippen molar-refractivity contribution in [1.29, 1.82) is 0 Å². The molecular weight excluding hydrogens is 212 g/mol. The lowest BCUT2D eigenvalue weighted by atomic mass is 9.92. The van der Waals surface area contributed by atoms with E-state index in [9.17, 15) is 0 Å². The van der Waals surface area contributed by atoms with E-state index in [2.05, 4.69) is 31.3 Å². The van der Waals surface area contributed by atoms with Crippen LogP contribution in [0.4, 0.5) is 11.4 Å². The Morgan fingerprint density at radius 2 is 2.06 bits per heavy atom. The molecule has 0 amide bonds. The molecule has 1 unspecified atom stereocenters. The van der Waals surface area contributed by atoms with E-state index in [1.54, 1.807) is 0 Å². The molecule has 0 bridgehead atoms. The molecule has 1 saturated heterocycles. The maximum atomic E-state index is 6.01. The molecule has 0 aromatic heterocycles. The van der Waals surface area contributed by atoms with Gasteiger partial charge in [-0.05, 0) is 50.3 Å². The first-order chi connectivity index (χ1) is 8.16. The average Bonchev–Trinajstić information content (AvgIpc) is 2.34. The quantitative estimate of drug-likeness (QED) is 0.791. The highest BCUT2D eigenvalue weighted by molar-refractivity contribution is 5.67. The molecule has 1 fully saturated rings. The lowest BCUT2D eigenvalue weighted by Gasteiger charge is -2.29. The second-order valence-corrected chi connectivity index (χ2v) is 4.97. The van der Waals surface area contributed by atoms with Crippen LogP contribution >= 0.6 is 0 Å². The number of hydrogen-bond acceptors (Lipinski definition) is 3. The van der Waals surface area contributed by atoms with Crippen LogP contribution in [-0.4, -0.2) is 19.3 Å². The first-order valence-corrected chi connectivity index (χ1v) is 6.37. The van der Waals surface area contributed by atoms with E-state index >= 15 is 0 Å². The minimum atomic E-state index is 0.448. The Kier molecular flexibility index (Phi) is 3.89. The molecule has 3 heteroatoms. The molecule has 1 aliphatic heterocycles. The first kappa shape index (κ1) is 12.2. The Labute approximate surface area is 103 Å². The lowest BCUT2D eigenvalue weighted by molar-refractivity contribution is 0.0622. The van der Waals surface area contributed by atoms with Crippen LogP contribution in [0.15, 0.2) is 18.2 Å². The number of rotatable bonds is 3. The summed E-state index contributed by atoms with van der Waals surface area (Å²) in [5.74, 6) is 0.685. The van der Waals surface area contributed by atoms with Crippen molar-refractivity contribution in [2.24, 2.45) is 5.92 Å². The number of aryl methyl sites for hydroxylation is 1. The van der Waals surface area contributed by atoms with Crippen molar-refractivity contribution in [1.82, 2.24) is 0 Å². The number of benzene rings is 1. The molecular formula is C14H22N2O. The fraction of sp³-hybridized carbons (Fsp3) is 0.571. The summed E-state index contributed by atoms with van der Waals surface area (Å²) in [5, 5.41) is 3.53. The molecule has 1 aromatic rings. The van der Waals surface area contributed by atoms with Crippen molar-refractivity contribution in [3.63, 3.8) is 0 Å². The second-order valence-electron chi connectivity index (χ2n) is 4.97. The summed E-state index contributed by atoms with van der Waals surface area (Å²) in [5.41, 5.74) is 9.10. The van der Waals surface area contributed by atoms with Gasteiger partial charge in [-0.15, -0.1) is 0 Å². The van der Waals surface area contributed by atoms with E-state index in [1.165, 1.54) is 5.56 Å². The van der Waals surface area contributed by atoms with Gasteiger partial charge in [0, 0.05) is 19.3 Å². The monoisotopic (exact) mass is 234 g/mol. The fourth-order valence-electron chi connectivity index (χ4n) is 2.39. The highest BCUT2D eigenvalue weighted by atomic mass is 16.5. The molecule has 1 aromatic carbocycles. The maximum Gasteiger partial charge on any atom is 0.0576 e. The minimum Gasteiger partial charge on any atom is -0.397 e.